The van der Waals surface area contributed by atoms with E-state index in [0.29, 0.717) is 31.8 Å². The second kappa shape index (κ2) is 6.91. The molecule has 1 aliphatic heterocycles. The van der Waals surface area contributed by atoms with E-state index < -0.39 is 0 Å². The number of carbonyl (C=O) groups excluding carboxylic acids is 1. The van der Waals surface area contributed by atoms with E-state index in [0.717, 1.165) is 10.8 Å². The zero-order chi connectivity index (χ0) is 17.9. The fraction of sp³-hybridized carbons (Fsp3) is 0.278. The van der Waals surface area contributed by atoms with Crippen LogP contribution in [0.15, 0.2) is 47.4 Å². The number of piperidine rings is 1. The number of hydrogen-bond donors (Lipinski definition) is 1. The molecule has 1 fully saturated rings. The molecule has 8 heteroatoms. The summed E-state index contributed by atoms with van der Waals surface area (Å²) in [7, 11) is 0. The summed E-state index contributed by atoms with van der Waals surface area (Å²) in [6.45, 7) is 1.12. The van der Waals surface area contributed by atoms with E-state index in [1.165, 1.54) is 12.1 Å². The maximum atomic E-state index is 12.4. The Kier molecular flexibility index (Phi) is 4.30. The van der Waals surface area contributed by atoms with Gasteiger partial charge in [0.05, 0.1) is 6.20 Å². The summed E-state index contributed by atoms with van der Waals surface area (Å²) in [5, 5.41) is 16.1. The van der Waals surface area contributed by atoms with Crippen molar-refractivity contribution >= 4 is 16.7 Å². The van der Waals surface area contributed by atoms with E-state index in [9.17, 15) is 9.59 Å². The van der Waals surface area contributed by atoms with Gasteiger partial charge in [0.2, 0.25) is 5.88 Å². The monoisotopic (exact) mass is 351 g/mol. The van der Waals surface area contributed by atoms with Gasteiger partial charge in [-0.25, -0.2) is 5.10 Å². The number of hydrogen-bond acceptors (Lipinski definition) is 6. The standard InChI is InChI=1S/C18H17N5O3/c24-16-6-5-15(20-21-16)18(25)23-9-7-13(8-10-23)26-17-14-4-2-1-3-12(14)11-19-22-17/h1-6,11,13H,7-10H2,(H,21,24). The second-order valence-electron chi connectivity index (χ2n) is 6.15. The van der Waals surface area contributed by atoms with Crippen molar-refractivity contribution in [1.82, 2.24) is 25.3 Å². The minimum absolute atomic E-state index is 0.0253. The zero-order valence-corrected chi connectivity index (χ0v) is 14.0. The molecule has 0 saturated carbocycles. The van der Waals surface area contributed by atoms with Gasteiger partial charge in [-0.2, -0.15) is 10.2 Å². The van der Waals surface area contributed by atoms with Crippen LogP contribution < -0.4 is 10.3 Å². The number of nitrogens with zero attached hydrogens (tertiary/aromatic N) is 4. The van der Waals surface area contributed by atoms with Crippen molar-refractivity contribution in [1.29, 1.82) is 0 Å². The lowest BCUT2D eigenvalue weighted by molar-refractivity contribution is 0.0582. The largest absolute Gasteiger partial charge is 0.473 e. The first-order valence-electron chi connectivity index (χ1n) is 8.43. The van der Waals surface area contributed by atoms with Gasteiger partial charge >= 0.3 is 0 Å². The number of aromatic nitrogens is 4. The smallest absolute Gasteiger partial charge is 0.274 e. The highest BCUT2D eigenvalue weighted by atomic mass is 16.5. The Labute approximate surface area is 148 Å². The molecule has 1 saturated heterocycles. The van der Waals surface area contributed by atoms with Crippen LogP contribution in [0.25, 0.3) is 10.8 Å². The van der Waals surface area contributed by atoms with Crippen molar-refractivity contribution in [3.8, 4) is 5.88 Å². The lowest BCUT2D eigenvalue weighted by Crippen LogP contribution is -2.42. The third kappa shape index (κ3) is 3.26. The van der Waals surface area contributed by atoms with Gasteiger partial charge in [0, 0.05) is 42.8 Å². The number of aromatic amines is 1. The summed E-state index contributed by atoms with van der Waals surface area (Å²) >= 11 is 0. The Morgan fingerprint density at radius 3 is 2.73 bits per heavy atom. The fourth-order valence-electron chi connectivity index (χ4n) is 3.05. The van der Waals surface area contributed by atoms with Crippen LogP contribution in [0.5, 0.6) is 5.88 Å². The molecule has 0 radical (unpaired) electrons. The number of H-pyrrole nitrogens is 1. The third-order valence-electron chi connectivity index (χ3n) is 4.44. The molecule has 8 nitrogen and oxygen atoms in total. The Morgan fingerprint density at radius 1 is 1.15 bits per heavy atom. The lowest BCUT2D eigenvalue weighted by atomic mass is 10.1. The molecule has 3 heterocycles. The molecular formula is C18H17N5O3. The summed E-state index contributed by atoms with van der Waals surface area (Å²) in [6.07, 6.45) is 3.07. The molecule has 1 amide bonds. The summed E-state index contributed by atoms with van der Waals surface area (Å²) in [5.74, 6) is 0.333. The predicted octanol–water partition coefficient (Wildman–Crippen LogP) is 1.40. The van der Waals surface area contributed by atoms with Crippen LogP contribution in [0, 0.1) is 0 Å². The molecule has 2 aromatic heterocycles. The topological polar surface area (TPSA) is 101 Å². The number of rotatable bonds is 3. The molecule has 0 spiro atoms. The highest BCUT2D eigenvalue weighted by molar-refractivity contribution is 5.92. The van der Waals surface area contributed by atoms with Gasteiger partial charge in [-0.15, -0.1) is 5.10 Å². The summed E-state index contributed by atoms with van der Waals surface area (Å²) in [6, 6.07) is 10.6. The van der Waals surface area contributed by atoms with Crippen molar-refractivity contribution in [2.75, 3.05) is 13.1 Å². The van der Waals surface area contributed by atoms with Gasteiger partial charge in [0.15, 0.2) is 0 Å². The zero-order valence-electron chi connectivity index (χ0n) is 14.0. The number of carbonyl (C=O) groups is 1. The molecule has 4 rings (SSSR count). The highest BCUT2D eigenvalue weighted by Crippen LogP contribution is 2.25. The summed E-state index contributed by atoms with van der Waals surface area (Å²) < 4.78 is 6.04. The SMILES string of the molecule is O=C(c1ccc(=O)[nH]n1)N1CCC(Oc2nncc3ccccc23)CC1. The van der Waals surface area contributed by atoms with Crippen molar-refractivity contribution in [3.05, 3.63) is 58.6 Å². The predicted molar refractivity (Wildman–Crippen MR) is 93.9 cm³/mol. The van der Waals surface area contributed by atoms with E-state index >= 15 is 0 Å². The normalized spacial score (nSPS) is 15.2. The summed E-state index contributed by atoms with van der Waals surface area (Å²) in [4.78, 5) is 25.2. The molecular weight excluding hydrogens is 334 g/mol. The van der Waals surface area contributed by atoms with Crippen molar-refractivity contribution < 1.29 is 9.53 Å². The molecule has 0 bridgehead atoms. The Hall–Kier alpha value is -3.29. The van der Waals surface area contributed by atoms with Gasteiger partial charge in [-0.05, 0) is 12.1 Å². The van der Waals surface area contributed by atoms with E-state index in [2.05, 4.69) is 20.4 Å². The first-order valence-corrected chi connectivity index (χ1v) is 8.43. The molecule has 1 N–H and O–H groups in total. The lowest BCUT2D eigenvalue weighted by Gasteiger charge is -2.31. The number of benzene rings is 1. The summed E-state index contributed by atoms with van der Waals surface area (Å²) in [5.41, 5.74) is -0.0891. The van der Waals surface area contributed by atoms with Gasteiger partial charge in [-0.3, -0.25) is 9.59 Å². The first-order chi connectivity index (χ1) is 12.7. The van der Waals surface area contributed by atoms with E-state index in [4.69, 9.17) is 4.74 Å². The van der Waals surface area contributed by atoms with Crippen LogP contribution in [0.4, 0.5) is 0 Å². The van der Waals surface area contributed by atoms with E-state index in [1.54, 1.807) is 11.1 Å². The molecule has 132 valence electrons. The fourth-order valence-corrected chi connectivity index (χ4v) is 3.05. The van der Waals surface area contributed by atoms with Crippen LogP contribution in [0.3, 0.4) is 0 Å². The molecule has 3 aromatic rings. The molecule has 0 aliphatic carbocycles. The van der Waals surface area contributed by atoms with E-state index in [1.807, 2.05) is 24.3 Å². The van der Waals surface area contributed by atoms with Crippen LogP contribution in [0.2, 0.25) is 0 Å². The number of nitrogens with one attached hydrogen (secondary N) is 1. The third-order valence-corrected chi connectivity index (χ3v) is 4.44. The molecule has 0 unspecified atom stereocenters. The van der Waals surface area contributed by atoms with Gasteiger partial charge in [0.1, 0.15) is 11.8 Å². The van der Waals surface area contributed by atoms with Crippen LogP contribution >= 0.6 is 0 Å². The highest BCUT2D eigenvalue weighted by Gasteiger charge is 2.26. The number of amides is 1. The maximum absolute atomic E-state index is 12.4. The van der Waals surface area contributed by atoms with Crippen LogP contribution in [-0.2, 0) is 0 Å². The second-order valence-corrected chi connectivity index (χ2v) is 6.15. The minimum atomic E-state index is -0.329. The van der Waals surface area contributed by atoms with E-state index in [-0.39, 0.29) is 23.3 Å². The van der Waals surface area contributed by atoms with Crippen LogP contribution in [0.1, 0.15) is 23.3 Å². The van der Waals surface area contributed by atoms with Gasteiger partial charge < -0.3 is 9.64 Å². The molecule has 1 aliphatic rings. The van der Waals surface area contributed by atoms with Crippen molar-refractivity contribution in [3.63, 3.8) is 0 Å². The Balaban J connectivity index is 1.41. The quantitative estimate of drug-likeness (QED) is 0.765. The van der Waals surface area contributed by atoms with Crippen molar-refractivity contribution in [2.24, 2.45) is 0 Å². The minimum Gasteiger partial charge on any atom is -0.473 e. The maximum Gasteiger partial charge on any atom is 0.274 e. The molecule has 1 aromatic carbocycles. The van der Waals surface area contributed by atoms with Gasteiger partial charge in [-0.1, -0.05) is 18.2 Å². The Morgan fingerprint density at radius 2 is 1.96 bits per heavy atom. The van der Waals surface area contributed by atoms with Crippen molar-refractivity contribution in [2.45, 2.75) is 18.9 Å². The number of fused-ring (bicyclic) bond motifs is 1. The first kappa shape index (κ1) is 16.2. The Bertz CT molecular complexity index is 970. The average Bonchev–Trinajstić information content (AvgIpc) is 2.69. The van der Waals surface area contributed by atoms with Gasteiger partial charge in [0.25, 0.3) is 11.5 Å². The number of likely N-dealkylation sites (tertiary alicyclic amines) is 1. The van der Waals surface area contributed by atoms with Crippen LogP contribution in [-0.4, -0.2) is 50.4 Å². The molecule has 26 heavy (non-hydrogen) atoms. The molecule has 0 atom stereocenters. The number of ether oxygens (including phenoxy) is 1. The average molecular weight is 351 g/mol.